The van der Waals surface area contributed by atoms with Gasteiger partial charge in [-0.3, -0.25) is 9.71 Å². The number of pyridine rings is 1. The van der Waals surface area contributed by atoms with Crippen LogP contribution >= 0.6 is 23.8 Å². The number of halogens is 2. The lowest BCUT2D eigenvalue weighted by molar-refractivity contribution is 0.598. The molecule has 0 aliphatic heterocycles. The SMILES string of the molecule is NC(=S)c1ncccc1S(=O)(=O)Nc1cccc(Cl)c1F. The Bertz CT molecular complexity index is 812. The molecule has 0 bridgehead atoms. The van der Waals surface area contributed by atoms with E-state index >= 15 is 0 Å². The molecule has 0 saturated carbocycles. The molecule has 110 valence electrons. The number of benzene rings is 1. The Morgan fingerprint density at radius 3 is 2.71 bits per heavy atom. The van der Waals surface area contributed by atoms with E-state index in [0.29, 0.717) is 0 Å². The lowest BCUT2D eigenvalue weighted by Crippen LogP contribution is -2.21. The van der Waals surface area contributed by atoms with E-state index < -0.39 is 15.8 Å². The zero-order chi connectivity index (χ0) is 15.6. The highest BCUT2D eigenvalue weighted by Crippen LogP contribution is 2.25. The van der Waals surface area contributed by atoms with E-state index in [1.807, 2.05) is 0 Å². The van der Waals surface area contributed by atoms with Gasteiger partial charge in [-0.1, -0.05) is 29.9 Å². The number of nitrogens with zero attached hydrogens (tertiary/aromatic N) is 1. The monoisotopic (exact) mass is 345 g/mol. The molecule has 0 saturated heterocycles. The number of nitrogens with one attached hydrogen (secondary N) is 1. The van der Waals surface area contributed by atoms with E-state index in [9.17, 15) is 12.8 Å². The Hall–Kier alpha value is -1.77. The number of anilines is 1. The highest BCUT2D eigenvalue weighted by atomic mass is 35.5. The van der Waals surface area contributed by atoms with E-state index in [1.165, 1.54) is 36.5 Å². The molecule has 3 N–H and O–H groups in total. The van der Waals surface area contributed by atoms with Gasteiger partial charge in [-0.25, -0.2) is 12.8 Å². The number of sulfonamides is 1. The van der Waals surface area contributed by atoms with Crippen LogP contribution in [-0.2, 0) is 10.0 Å². The third-order valence-corrected chi connectivity index (χ3v) is 4.37. The summed E-state index contributed by atoms with van der Waals surface area (Å²) in [6.45, 7) is 0. The molecule has 2 rings (SSSR count). The molecule has 0 amide bonds. The van der Waals surface area contributed by atoms with Gasteiger partial charge in [-0.2, -0.15) is 0 Å². The van der Waals surface area contributed by atoms with Crippen LogP contribution in [-0.4, -0.2) is 18.4 Å². The van der Waals surface area contributed by atoms with Crippen molar-refractivity contribution in [3.05, 3.63) is 53.1 Å². The van der Waals surface area contributed by atoms with Gasteiger partial charge in [0, 0.05) is 6.20 Å². The zero-order valence-corrected chi connectivity index (χ0v) is 12.8. The molecule has 0 spiro atoms. The molecule has 21 heavy (non-hydrogen) atoms. The predicted molar refractivity (Wildman–Crippen MR) is 82.3 cm³/mol. The lowest BCUT2D eigenvalue weighted by Gasteiger charge is -2.11. The molecule has 0 aliphatic carbocycles. The molecule has 1 aromatic heterocycles. The van der Waals surface area contributed by atoms with Crippen LogP contribution in [0.2, 0.25) is 5.02 Å². The van der Waals surface area contributed by atoms with Gasteiger partial charge in [0.1, 0.15) is 15.6 Å². The molecule has 5 nitrogen and oxygen atoms in total. The van der Waals surface area contributed by atoms with Crippen molar-refractivity contribution in [3.63, 3.8) is 0 Å². The van der Waals surface area contributed by atoms with Gasteiger partial charge in [0.2, 0.25) is 0 Å². The van der Waals surface area contributed by atoms with Crippen molar-refractivity contribution in [1.29, 1.82) is 0 Å². The quantitative estimate of drug-likeness (QED) is 0.830. The second kappa shape index (κ2) is 5.92. The smallest absolute Gasteiger partial charge is 0.264 e. The Kier molecular flexibility index (Phi) is 4.40. The first-order valence-electron chi connectivity index (χ1n) is 5.54. The minimum atomic E-state index is -4.11. The topological polar surface area (TPSA) is 85.1 Å². The number of nitrogens with two attached hydrogens (primary N) is 1. The third kappa shape index (κ3) is 3.29. The fourth-order valence-electron chi connectivity index (χ4n) is 1.57. The summed E-state index contributed by atoms with van der Waals surface area (Å²) in [5.41, 5.74) is 5.10. The Morgan fingerprint density at radius 2 is 2.05 bits per heavy atom. The highest BCUT2D eigenvalue weighted by Gasteiger charge is 2.22. The van der Waals surface area contributed by atoms with Gasteiger partial charge in [0.05, 0.1) is 10.7 Å². The molecule has 0 unspecified atom stereocenters. The maximum absolute atomic E-state index is 13.8. The van der Waals surface area contributed by atoms with Crippen molar-refractivity contribution in [2.75, 3.05) is 4.72 Å². The first-order chi connectivity index (χ1) is 9.83. The summed E-state index contributed by atoms with van der Waals surface area (Å²) in [6.07, 6.45) is 1.35. The summed E-state index contributed by atoms with van der Waals surface area (Å²) in [6, 6.07) is 6.65. The van der Waals surface area contributed by atoms with Crippen LogP contribution in [0.5, 0.6) is 0 Å². The summed E-state index contributed by atoms with van der Waals surface area (Å²) in [7, 11) is -4.11. The van der Waals surface area contributed by atoms with E-state index in [-0.39, 0.29) is 26.3 Å². The molecule has 0 fully saturated rings. The Labute approximate surface area is 131 Å². The molecular formula is C12H9ClFN3O2S2. The highest BCUT2D eigenvalue weighted by molar-refractivity contribution is 7.93. The van der Waals surface area contributed by atoms with Crippen molar-refractivity contribution in [1.82, 2.24) is 4.98 Å². The summed E-state index contributed by atoms with van der Waals surface area (Å²) in [5.74, 6) is -0.872. The second-order valence-corrected chi connectivity index (χ2v) is 6.42. The van der Waals surface area contributed by atoms with Crippen molar-refractivity contribution >= 4 is 44.5 Å². The molecule has 2 aromatic rings. The summed E-state index contributed by atoms with van der Waals surface area (Å²) >= 11 is 10.4. The van der Waals surface area contributed by atoms with Gasteiger partial charge in [-0.15, -0.1) is 0 Å². The molecule has 1 aromatic carbocycles. The van der Waals surface area contributed by atoms with Crippen LogP contribution in [0.25, 0.3) is 0 Å². The number of thiocarbonyl (C=S) groups is 1. The van der Waals surface area contributed by atoms with E-state index in [1.54, 1.807) is 0 Å². The molecular weight excluding hydrogens is 337 g/mol. The van der Waals surface area contributed by atoms with Crippen LogP contribution in [0.4, 0.5) is 10.1 Å². The minimum absolute atomic E-state index is 0.0672. The number of aromatic nitrogens is 1. The number of hydrogen-bond donors (Lipinski definition) is 2. The average Bonchev–Trinajstić information content (AvgIpc) is 2.44. The van der Waals surface area contributed by atoms with E-state index in [4.69, 9.17) is 29.6 Å². The number of hydrogen-bond acceptors (Lipinski definition) is 4. The van der Waals surface area contributed by atoms with Gasteiger partial charge in [0.15, 0.2) is 5.82 Å². The Morgan fingerprint density at radius 1 is 1.33 bits per heavy atom. The predicted octanol–water partition coefficient (Wildman–Crippen LogP) is 2.31. The van der Waals surface area contributed by atoms with Gasteiger partial charge in [0.25, 0.3) is 10.0 Å². The molecule has 0 atom stereocenters. The van der Waals surface area contributed by atoms with Gasteiger partial charge in [-0.05, 0) is 24.3 Å². The number of rotatable bonds is 4. The molecule has 0 radical (unpaired) electrons. The van der Waals surface area contributed by atoms with Crippen molar-refractivity contribution < 1.29 is 12.8 Å². The summed E-state index contributed by atoms with van der Waals surface area (Å²) in [5, 5.41) is -0.198. The second-order valence-electron chi connectivity index (χ2n) is 3.92. The normalized spacial score (nSPS) is 11.1. The van der Waals surface area contributed by atoms with Crippen LogP contribution in [0.1, 0.15) is 5.69 Å². The van der Waals surface area contributed by atoms with Gasteiger partial charge >= 0.3 is 0 Å². The summed E-state index contributed by atoms with van der Waals surface area (Å²) < 4.78 is 40.5. The van der Waals surface area contributed by atoms with Crippen LogP contribution in [0, 0.1) is 5.82 Å². The van der Waals surface area contributed by atoms with Crippen molar-refractivity contribution in [2.45, 2.75) is 4.90 Å². The first-order valence-corrected chi connectivity index (χ1v) is 7.81. The first kappa shape index (κ1) is 15.6. The van der Waals surface area contributed by atoms with Crippen molar-refractivity contribution in [2.24, 2.45) is 5.73 Å². The summed E-state index contributed by atoms with van der Waals surface area (Å²) in [4.78, 5) is 3.40. The molecule has 9 heteroatoms. The van der Waals surface area contributed by atoms with Crippen molar-refractivity contribution in [3.8, 4) is 0 Å². The van der Waals surface area contributed by atoms with Crippen LogP contribution in [0.15, 0.2) is 41.4 Å². The maximum atomic E-state index is 13.8. The zero-order valence-electron chi connectivity index (χ0n) is 10.4. The van der Waals surface area contributed by atoms with Crippen LogP contribution < -0.4 is 10.5 Å². The fraction of sp³-hybridized carbons (Fsp3) is 0. The molecule has 1 heterocycles. The Balaban J connectivity index is 2.49. The minimum Gasteiger partial charge on any atom is -0.388 e. The standard InChI is InChI=1S/C12H9ClFN3O2S2/c13-7-3-1-4-8(10(7)14)17-21(18,19)9-5-2-6-16-11(9)12(15)20/h1-6,17H,(H2,15,20). The van der Waals surface area contributed by atoms with E-state index in [2.05, 4.69) is 9.71 Å². The lowest BCUT2D eigenvalue weighted by atomic mass is 10.3. The maximum Gasteiger partial charge on any atom is 0.264 e. The van der Waals surface area contributed by atoms with Crippen LogP contribution in [0.3, 0.4) is 0 Å². The van der Waals surface area contributed by atoms with E-state index in [0.717, 1.165) is 0 Å². The van der Waals surface area contributed by atoms with Gasteiger partial charge < -0.3 is 5.73 Å². The largest absolute Gasteiger partial charge is 0.388 e. The third-order valence-electron chi connectivity index (χ3n) is 2.49. The molecule has 0 aliphatic rings. The fourth-order valence-corrected chi connectivity index (χ4v) is 3.21. The average molecular weight is 346 g/mol.